The van der Waals surface area contributed by atoms with Gasteiger partial charge in [0.2, 0.25) is 0 Å². The standard InChI is InChI=1S/C24H27F2N3O2/c1-27-9-7-17(8-10-27)29-13-21-23(14-29)31-22-11-15(3-5-19(22)24(30)28(21)2)18-6-4-16(25)12-20(18)26/h3-6,11-12,17,21,23H,7-10,13-14H2,1-2H3. The van der Waals surface area contributed by atoms with Crippen molar-refractivity contribution in [2.75, 3.05) is 40.3 Å². The molecule has 7 heteroatoms. The maximum absolute atomic E-state index is 14.3. The third kappa shape index (κ3) is 3.70. The minimum Gasteiger partial charge on any atom is -0.486 e. The van der Waals surface area contributed by atoms with E-state index in [4.69, 9.17) is 4.74 Å². The molecule has 2 fully saturated rings. The molecule has 2 aromatic carbocycles. The highest BCUT2D eigenvalue weighted by molar-refractivity contribution is 5.98. The Morgan fingerprint density at radius 2 is 1.71 bits per heavy atom. The zero-order chi connectivity index (χ0) is 21.7. The van der Waals surface area contributed by atoms with Crippen molar-refractivity contribution in [3.63, 3.8) is 0 Å². The molecule has 1 amide bonds. The van der Waals surface area contributed by atoms with E-state index in [1.165, 1.54) is 12.1 Å². The number of piperidine rings is 1. The molecule has 3 aliphatic rings. The van der Waals surface area contributed by atoms with Gasteiger partial charge in [0.1, 0.15) is 23.5 Å². The first-order valence-electron chi connectivity index (χ1n) is 10.9. The van der Waals surface area contributed by atoms with Crippen LogP contribution in [0.1, 0.15) is 23.2 Å². The van der Waals surface area contributed by atoms with E-state index >= 15 is 0 Å². The van der Waals surface area contributed by atoms with Crippen LogP contribution in [0.5, 0.6) is 5.75 Å². The van der Waals surface area contributed by atoms with Crippen molar-refractivity contribution < 1.29 is 18.3 Å². The molecular weight excluding hydrogens is 400 g/mol. The van der Waals surface area contributed by atoms with Gasteiger partial charge in [-0.25, -0.2) is 8.78 Å². The number of fused-ring (bicyclic) bond motifs is 2. The van der Waals surface area contributed by atoms with Crippen molar-refractivity contribution in [1.29, 1.82) is 0 Å². The van der Waals surface area contributed by atoms with Gasteiger partial charge in [-0.3, -0.25) is 9.69 Å². The van der Waals surface area contributed by atoms with Gasteiger partial charge < -0.3 is 14.5 Å². The lowest BCUT2D eigenvalue weighted by Crippen LogP contribution is -2.45. The van der Waals surface area contributed by atoms with Gasteiger partial charge in [0.15, 0.2) is 0 Å². The van der Waals surface area contributed by atoms with Crippen LogP contribution in [0.2, 0.25) is 0 Å². The first-order chi connectivity index (χ1) is 14.9. The highest BCUT2D eigenvalue weighted by Crippen LogP contribution is 2.36. The number of hydrogen-bond acceptors (Lipinski definition) is 4. The molecule has 5 nitrogen and oxygen atoms in total. The number of amides is 1. The molecule has 0 aliphatic carbocycles. The van der Waals surface area contributed by atoms with Crippen LogP contribution in [0.15, 0.2) is 36.4 Å². The van der Waals surface area contributed by atoms with Gasteiger partial charge >= 0.3 is 0 Å². The van der Waals surface area contributed by atoms with E-state index in [-0.39, 0.29) is 23.6 Å². The zero-order valence-electron chi connectivity index (χ0n) is 17.9. The minimum absolute atomic E-state index is 0.0226. The smallest absolute Gasteiger partial charge is 0.257 e. The van der Waals surface area contributed by atoms with Crippen LogP contribution < -0.4 is 4.74 Å². The molecule has 2 saturated heterocycles. The summed E-state index contributed by atoms with van der Waals surface area (Å²) in [6.07, 6.45) is 2.11. The Hall–Kier alpha value is -2.51. The van der Waals surface area contributed by atoms with Crippen molar-refractivity contribution in [2.24, 2.45) is 0 Å². The summed E-state index contributed by atoms with van der Waals surface area (Å²) >= 11 is 0. The predicted molar refractivity (Wildman–Crippen MR) is 114 cm³/mol. The average molecular weight is 427 g/mol. The van der Waals surface area contributed by atoms with Crippen LogP contribution in [-0.2, 0) is 0 Å². The molecule has 3 heterocycles. The van der Waals surface area contributed by atoms with Crippen LogP contribution >= 0.6 is 0 Å². The number of benzene rings is 2. The lowest BCUT2D eigenvalue weighted by Gasteiger charge is -2.35. The third-order valence-corrected chi connectivity index (χ3v) is 7.02. The number of ether oxygens (including phenoxy) is 1. The molecule has 0 N–H and O–H groups in total. The normalized spacial score (nSPS) is 25.2. The summed E-state index contributed by atoms with van der Waals surface area (Å²) in [7, 11) is 3.99. The molecule has 3 aliphatic heterocycles. The van der Waals surface area contributed by atoms with Gasteiger partial charge in [-0.05, 0) is 62.8 Å². The summed E-state index contributed by atoms with van der Waals surface area (Å²) < 4.78 is 34.0. The monoisotopic (exact) mass is 427 g/mol. The van der Waals surface area contributed by atoms with Gasteiger partial charge in [0.05, 0.1) is 11.6 Å². The summed E-state index contributed by atoms with van der Waals surface area (Å²) in [6, 6.07) is 9.08. The van der Waals surface area contributed by atoms with Gasteiger partial charge in [0, 0.05) is 37.8 Å². The summed E-state index contributed by atoms with van der Waals surface area (Å²) in [4.78, 5) is 19.8. The molecule has 0 spiro atoms. The van der Waals surface area contributed by atoms with E-state index in [2.05, 4.69) is 16.8 Å². The van der Waals surface area contributed by atoms with E-state index in [9.17, 15) is 13.6 Å². The Labute approximate surface area is 181 Å². The lowest BCUT2D eigenvalue weighted by atomic mass is 10.0. The minimum atomic E-state index is -0.635. The van der Waals surface area contributed by atoms with Gasteiger partial charge in [-0.2, -0.15) is 0 Å². The highest BCUT2D eigenvalue weighted by Gasteiger charge is 2.44. The Morgan fingerprint density at radius 1 is 0.968 bits per heavy atom. The first kappa shape index (κ1) is 20.4. The summed E-state index contributed by atoms with van der Waals surface area (Å²) in [5, 5.41) is 0. The molecule has 164 valence electrons. The Bertz CT molecular complexity index is 1010. The highest BCUT2D eigenvalue weighted by atomic mass is 19.1. The van der Waals surface area contributed by atoms with Gasteiger partial charge in [-0.1, -0.05) is 6.07 Å². The number of carbonyl (C=O) groups excluding carboxylic acids is 1. The predicted octanol–water partition coefficient (Wildman–Crippen LogP) is 3.24. The van der Waals surface area contributed by atoms with E-state index in [1.54, 1.807) is 23.1 Å². The Morgan fingerprint density at radius 3 is 2.45 bits per heavy atom. The maximum atomic E-state index is 14.3. The number of hydrogen-bond donors (Lipinski definition) is 0. The molecule has 0 bridgehead atoms. The second-order valence-corrected chi connectivity index (χ2v) is 8.96. The van der Waals surface area contributed by atoms with Crippen LogP contribution in [-0.4, -0.2) is 79.1 Å². The number of halogens is 2. The van der Waals surface area contributed by atoms with Gasteiger partial charge in [-0.15, -0.1) is 0 Å². The molecule has 2 atom stereocenters. The third-order valence-electron chi connectivity index (χ3n) is 7.02. The summed E-state index contributed by atoms with van der Waals surface area (Å²) in [5.41, 5.74) is 1.33. The topological polar surface area (TPSA) is 36.0 Å². The molecule has 2 aromatic rings. The van der Waals surface area contributed by atoms with Crippen molar-refractivity contribution in [2.45, 2.75) is 31.0 Å². The van der Waals surface area contributed by atoms with Crippen molar-refractivity contribution in [3.05, 3.63) is 53.6 Å². The van der Waals surface area contributed by atoms with Crippen molar-refractivity contribution >= 4 is 5.91 Å². The zero-order valence-corrected chi connectivity index (χ0v) is 17.9. The van der Waals surface area contributed by atoms with Crippen LogP contribution in [0.25, 0.3) is 11.1 Å². The second kappa shape index (κ2) is 7.88. The molecule has 0 radical (unpaired) electrons. The van der Waals surface area contributed by atoms with Gasteiger partial charge in [0.25, 0.3) is 5.91 Å². The number of carbonyl (C=O) groups is 1. The summed E-state index contributed by atoms with van der Waals surface area (Å²) in [5.74, 6) is -0.870. The number of rotatable bonds is 2. The quantitative estimate of drug-likeness (QED) is 0.737. The Kier molecular flexibility index (Phi) is 5.18. The molecule has 0 saturated carbocycles. The van der Waals surface area contributed by atoms with Crippen LogP contribution in [0.4, 0.5) is 8.78 Å². The van der Waals surface area contributed by atoms with E-state index < -0.39 is 11.6 Å². The molecule has 5 rings (SSSR count). The van der Waals surface area contributed by atoms with Crippen LogP contribution in [0, 0.1) is 11.6 Å². The Balaban J connectivity index is 1.43. The molecule has 0 aromatic heterocycles. The maximum Gasteiger partial charge on any atom is 0.257 e. The van der Waals surface area contributed by atoms with E-state index in [1.807, 2.05) is 7.05 Å². The fraction of sp³-hybridized carbons (Fsp3) is 0.458. The number of likely N-dealkylation sites (tertiary alicyclic amines) is 2. The first-order valence-corrected chi connectivity index (χ1v) is 10.9. The second-order valence-electron chi connectivity index (χ2n) is 8.96. The number of likely N-dealkylation sites (N-methyl/N-ethyl adjacent to an activating group) is 1. The number of nitrogens with zero attached hydrogens (tertiary/aromatic N) is 3. The molecule has 2 unspecified atom stereocenters. The average Bonchev–Trinajstić information content (AvgIpc) is 3.13. The van der Waals surface area contributed by atoms with E-state index in [0.717, 1.165) is 45.1 Å². The van der Waals surface area contributed by atoms with Crippen molar-refractivity contribution in [3.8, 4) is 16.9 Å². The lowest BCUT2D eigenvalue weighted by molar-refractivity contribution is 0.0679. The van der Waals surface area contributed by atoms with E-state index in [0.29, 0.717) is 22.9 Å². The van der Waals surface area contributed by atoms with Crippen molar-refractivity contribution in [1.82, 2.24) is 14.7 Å². The molecular formula is C24H27F2N3O2. The fourth-order valence-corrected chi connectivity index (χ4v) is 5.12. The molecule has 31 heavy (non-hydrogen) atoms. The summed E-state index contributed by atoms with van der Waals surface area (Å²) in [6.45, 7) is 3.74. The fourth-order valence-electron chi connectivity index (χ4n) is 5.12. The largest absolute Gasteiger partial charge is 0.486 e. The SMILES string of the molecule is CN1CCC(N2CC3Oc4cc(-c5ccc(F)cc5F)ccc4C(=O)N(C)C3C2)CC1. The van der Waals surface area contributed by atoms with Crippen LogP contribution in [0.3, 0.4) is 0 Å².